The third-order valence-corrected chi connectivity index (χ3v) is 5.00. The van der Waals surface area contributed by atoms with Crippen LogP contribution in [0.3, 0.4) is 0 Å². The van der Waals surface area contributed by atoms with E-state index in [0.29, 0.717) is 12.5 Å². The van der Waals surface area contributed by atoms with Gasteiger partial charge in [-0.3, -0.25) is 9.69 Å². The summed E-state index contributed by atoms with van der Waals surface area (Å²) in [6.07, 6.45) is 3.54. The van der Waals surface area contributed by atoms with Crippen molar-refractivity contribution in [1.82, 2.24) is 10.2 Å². The highest BCUT2D eigenvalue weighted by Crippen LogP contribution is 2.37. The molecule has 1 saturated heterocycles. The van der Waals surface area contributed by atoms with Gasteiger partial charge in [0.1, 0.15) is 5.75 Å². The molecule has 0 unspecified atom stereocenters. The van der Waals surface area contributed by atoms with Crippen LogP contribution in [0.15, 0.2) is 24.3 Å². The van der Waals surface area contributed by atoms with Crippen LogP contribution < -0.4 is 10.1 Å². The summed E-state index contributed by atoms with van der Waals surface area (Å²) in [5.74, 6) is 1.91. The molecule has 1 saturated carbocycles. The normalized spacial score (nSPS) is 25.7. The van der Waals surface area contributed by atoms with Crippen molar-refractivity contribution in [3.63, 3.8) is 0 Å². The summed E-state index contributed by atoms with van der Waals surface area (Å²) in [4.78, 5) is 14.6. The molecule has 1 amide bonds. The number of rotatable bonds is 6. The van der Waals surface area contributed by atoms with Crippen molar-refractivity contribution in [1.29, 1.82) is 0 Å². The Bertz CT molecular complexity index is 508. The number of carbonyl (C=O) groups is 1. The van der Waals surface area contributed by atoms with Gasteiger partial charge in [0.15, 0.2) is 0 Å². The highest BCUT2D eigenvalue weighted by Gasteiger charge is 2.39. The summed E-state index contributed by atoms with van der Waals surface area (Å²) >= 11 is 0. The first-order chi connectivity index (χ1) is 10.7. The Hall–Kier alpha value is -1.55. The molecule has 3 rings (SSSR count). The Kier molecular flexibility index (Phi) is 4.67. The lowest BCUT2D eigenvalue weighted by Gasteiger charge is -2.28. The molecule has 0 spiro atoms. The topological polar surface area (TPSA) is 41.6 Å². The van der Waals surface area contributed by atoms with Crippen LogP contribution in [0.1, 0.15) is 37.8 Å². The Balaban J connectivity index is 1.67. The van der Waals surface area contributed by atoms with Crippen LogP contribution in [0.5, 0.6) is 5.75 Å². The van der Waals surface area contributed by atoms with Crippen LogP contribution in [-0.4, -0.2) is 37.6 Å². The lowest BCUT2D eigenvalue weighted by Crippen LogP contribution is -2.37. The smallest absolute Gasteiger partial charge is 0.223 e. The van der Waals surface area contributed by atoms with E-state index >= 15 is 0 Å². The van der Waals surface area contributed by atoms with E-state index in [2.05, 4.69) is 29.3 Å². The molecule has 1 aliphatic heterocycles. The molecule has 1 aromatic rings. The van der Waals surface area contributed by atoms with Crippen molar-refractivity contribution in [2.75, 3.05) is 26.7 Å². The van der Waals surface area contributed by atoms with Crippen LogP contribution in [0.4, 0.5) is 0 Å². The number of amides is 1. The Morgan fingerprint density at radius 1 is 1.32 bits per heavy atom. The number of hydrogen-bond donors (Lipinski definition) is 1. The van der Waals surface area contributed by atoms with Crippen molar-refractivity contribution in [3.8, 4) is 5.75 Å². The van der Waals surface area contributed by atoms with E-state index in [1.54, 1.807) is 7.11 Å². The first-order valence-corrected chi connectivity index (χ1v) is 8.34. The number of nitrogens with zero attached hydrogens (tertiary/aromatic N) is 1. The zero-order chi connectivity index (χ0) is 15.5. The summed E-state index contributed by atoms with van der Waals surface area (Å²) < 4.78 is 5.24. The van der Waals surface area contributed by atoms with E-state index < -0.39 is 0 Å². The van der Waals surface area contributed by atoms with Gasteiger partial charge in [-0.1, -0.05) is 19.1 Å². The predicted octanol–water partition coefficient (Wildman–Crippen LogP) is 2.60. The summed E-state index contributed by atoms with van der Waals surface area (Å²) in [7, 11) is 1.68. The van der Waals surface area contributed by atoms with Gasteiger partial charge in [-0.15, -0.1) is 0 Å². The van der Waals surface area contributed by atoms with Crippen molar-refractivity contribution in [2.45, 2.75) is 32.2 Å². The average Bonchev–Trinajstić information content (AvgIpc) is 3.04. The number of benzene rings is 1. The van der Waals surface area contributed by atoms with Gasteiger partial charge in [-0.05, 0) is 56.0 Å². The lowest BCUT2D eigenvalue weighted by molar-refractivity contribution is -0.122. The van der Waals surface area contributed by atoms with Crippen molar-refractivity contribution in [2.24, 2.45) is 11.8 Å². The minimum absolute atomic E-state index is 0.227. The largest absolute Gasteiger partial charge is 0.497 e. The molecule has 2 fully saturated rings. The molecule has 0 aromatic heterocycles. The first kappa shape index (κ1) is 15.3. The number of carbonyl (C=O) groups excluding carboxylic acids is 1. The van der Waals surface area contributed by atoms with Crippen LogP contribution in [0, 0.1) is 11.8 Å². The molecule has 0 bridgehead atoms. The maximum Gasteiger partial charge on any atom is 0.223 e. The van der Waals surface area contributed by atoms with Gasteiger partial charge in [-0.25, -0.2) is 0 Å². The summed E-state index contributed by atoms with van der Waals surface area (Å²) in [5, 5.41) is 3.17. The molecule has 0 radical (unpaired) electrons. The molecule has 2 aliphatic rings. The Morgan fingerprint density at radius 2 is 1.95 bits per heavy atom. The maximum absolute atomic E-state index is 12.1. The van der Waals surface area contributed by atoms with Crippen LogP contribution in [0.2, 0.25) is 0 Å². The summed E-state index contributed by atoms with van der Waals surface area (Å²) in [6.45, 7) is 5.08. The lowest BCUT2D eigenvalue weighted by atomic mass is 10.0. The monoisotopic (exact) mass is 302 g/mol. The van der Waals surface area contributed by atoms with E-state index in [1.807, 2.05) is 12.1 Å². The fourth-order valence-electron chi connectivity index (χ4n) is 3.35. The summed E-state index contributed by atoms with van der Waals surface area (Å²) in [6, 6.07) is 8.51. The van der Waals surface area contributed by atoms with Crippen LogP contribution in [0.25, 0.3) is 0 Å². The molecule has 4 heteroatoms. The highest BCUT2D eigenvalue weighted by molar-refractivity contribution is 5.81. The highest BCUT2D eigenvalue weighted by atomic mass is 16.5. The fourth-order valence-corrected chi connectivity index (χ4v) is 3.35. The minimum atomic E-state index is 0.227. The Morgan fingerprint density at radius 3 is 2.50 bits per heavy atom. The van der Waals surface area contributed by atoms with Gasteiger partial charge in [-0.2, -0.15) is 0 Å². The number of nitrogens with one attached hydrogen (secondary N) is 1. The second kappa shape index (κ2) is 6.69. The SMILES string of the molecule is COc1ccc([C@H](CNC(=O)[C@@H]2C[C@@H]2C)N2CCCC2)cc1. The van der Waals surface area contributed by atoms with Gasteiger partial charge < -0.3 is 10.1 Å². The first-order valence-electron chi connectivity index (χ1n) is 8.34. The second-order valence-corrected chi connectivity index (χ2v) is 6.60. The van der Waals surface area contributed by atoms with Gasteiger partial charge in [0.05, 0.1) is 13.2 Å². The molecule has 1 heterocycles. The molecule has 1 aromatic carbocycles. The quantitative estimate of drug-likeness (QED) is 0.878. The van der Waals surface area contributed by atoms with Gasteiger partial charge in [0, 0.05) is 12.5 Å². The molecule has 3 atom stereocenters. The van der Waals surface area contributed by atoms with E-state index in [9.17, 15) is 4.79 Å². The maximum atomic E-state index is 12.1. The molecule has 120 valence electrons. The molecule has 22 heavy (non-hydrogen) atoms. The van der Waals surface area contributed by atoms with Crippen molar-refractivity contribution >= 4 is 5.91 Å². The van der Waals surface area contributed by atoms with Gasteiger partial charge in [0.25, 0.3) is 0 Å². The fraction of sp³-hybridized carbons (Fsp3) is 0.611. The molecular weight excluding hydrogens is 276 g/mol. The average molecular weight is 302 g/mol. The zero-order valence-electron chi connectivity index (χ0n) is 13.5. The molecule has 1 N–H and O–H groups in total. The standard InChI is InChI=1S/C18H26N2O2/c1-13-11-16(13)18(21)19-12-17(20-9-3-4-10-20)14-5-7-15(22-2)8-6-14/h5-8,13,16-17H,3-4,9-12H2,1-2H3,(H,19,21)/t13-,16+,17-/m0/s1. The van der Waals surface area contributed by atoms with Gasteiger partial charge >= 0.3 is 0 Å². The Labute approximate surface area is 132 Å². The van der Waals surface area contributed by atoms with E-state index in [0.717, 1.165) is 25.3 Å². The van der Waals surface area contributed by atoms with E-state index in [4.69, 9.17) is 4.74 Å². The van der Waals surface area contributed by atoms with Crippen molar-refractivity contribution < 1.29 is 9.53 Å². The minimum Gasteiger partial charge on any atom is -0.497 e. The van der Waals surface area contributed by atoms with Crippen LogP contribution in [-0.2, 0) is 4.79 Å². The van der Waals surface area contributed by atoms with Gasteiger partial charge in [0.2, 0.25) is 5.91 Å². The molecule has 1 aliphatic carbocycles. The molecular formula is C18H26N2O2. The predicted molar refractivity (Wildman–Crippen MR) is 86.8 cm³/mol. The third-order valence-electron chi connectivity index (χ3n) is 5.00. The zero-order valence-corrected chi connectivity index (χ0v) is 13.5. The number of ether oxygens (including phenoxy) is 1. The second-order valence-electron chi connectivity index (χ2n) is 6.60. The van der Waals surface area contributed by atoms with Crippen molar-refractivity contribution in [3.05, 3.63) is 29.8 Å². The van der Waals surface area contributed by atoms with Crippen LogP contribution >= 0.6 is 0 Å². The number of hydrogen-bond acceptors (Lipinski definition) is 3. The molecule has 4 nitrogen and oxygen atoms in total. The van der Waals surface area contributed by atoms with E-state index in [1.165, 1.54) is 18.4 Å². The number of methoxy groups -OCH3 is 1. The number of likely N-dealkylation sites (tertiary alicyclic amines) is 1. The third kappa shape index (κ3) is 3.43. The van der Waals surface area contributed by atoms with E-state index in [-0.39, 0.29) is 17.9 Å². The summed E-state index contributed by atoms with van der Waals surface area (Å²) in [5.41, 5.74) is 1.26.